The van der Waals surface area contributed by atoms with Gasteiger partial charge in [-0.25, -0.2) is 4.39 Å². The van der Waals surface area contributed by atoms with Crippen LogP contribution in [0.5, 0.6) is 17.2 Å². The third-order valence-corrected chi connectivity index (χ3v) is 5.46. The second kappa shape index (κ2) is 10.6. The van der Waals surface area contributed by atoms with Gasteiger partial charge in [0.05, 0.1) is 18.6 Å². The maximum Gasteiger partial charge on any atom is 0.234 e. The molecule has 0 unspecified atom stereocenters. The summed E-state index contributed by atoms with van der Waals surface area (Å²) in [6.45, 7) is 0. The third-order valence-electron chi connectivity index (χ3n) is 4.01. The Morgan fingerprint density at radius 2 is 1.67 bits per heavy atom. The smallest absolute Gasteiger partial charge is 0.234 e. The predicted molar refractivity (Wildman–Crippen MR) is 121 cm³/mol. The summed E-state index contributed by atoms with van der Waals surface area (Å²) in [5.74, 6) is 1.59. The predicted octanol–water partition coefficient (Wildman–Crippen LogP) is 6.81. The van der Waals surface area contributed by atoms with Crippen LogP contribution in [0.15, 0.2) is 60.7 Å². The molecule has 0 fully saturated rings. The highest BCUT2D eigenvalue weighted by atomic mass is 35.5. The summed E-state index contributed by atoms with van der Waals surface area (Å²) in [5, 5.41) is 3.59. The van der Waals surface area contributed by atoms with Gasteiger partial charge in [-0.05, 0) is 60.2 Å². The van der Waals surface area contributed by atoms with E-state index in [1.54, 1.807) is 61.7 Å². The zero-order chi connectivity index (χ0) is 21.5. The Hall–Kier alpha value is -2.41. The fourth-order valence-electron chi connectivity index (χ4n) is 2.54. The minimum atomic E-state index is -0.388. The van der Waals surface area contributed by atoms with Crippen molar-refractivity contribution in [2.24, 2.45) is 0 Å². The number of methoxy groups -OCH3 is 1. The minimum absolute atomic E-state index is 0.135. The lowest BCUT2D eigenvalue weighted by atomic mass is 10.2. The quantitative estimate of drug-likeness (QED) is 0.397. The molecule has 8 heteroatoms. The first-order valence-electron chi connectivity index (χ1n) is 8.87. The number of benzene rings is 3. The van der Waals surface area contributed by atoms with Gasteiger partial charge >= 0.3 is 0 Å². The number of rotatable bonds is 8. The molecule has 0 bridgehead atoms. The molecule has 4 nitrogen and oxygen atoms in total. The summed E-state index contributed by atoms with van der Waals surface area (Å²) in [4.78, 5) is 12.4. The topological polar surface area (TPSA) is 47.6 Å². The summed E-state index contributed by atoms with van der Waals surface area (Å²) in [5.41, 5.74) is 0.935. The molecule has 0 aliphatic rings. The number of hydrogen-bond donors (Lipinski definition) is 1. The van der Waals surface area contributed by atoms with Crippen LogP contribution in [0.1, 0.15) is 5.56 Å². The summed E-state index contributed by atoms with van der Waals surface area (Å²) >= 11 is 13.1. The minimum Gasteiger partial charge on any atom is -0.497 e. The van der Waals surface area contributed by atoms with Crippen molar-refractivity contribution in [1.29, 1.82) is 0 Å². The lowest BCUT2D eigenvalue weighted by Crippen LogP contribution is -2.15. The Kier molecular flexibility index (Phi) is 7.85. The first kappa shape index (κ1) is 22.3. The third kappa shape index (κ3) is 6.29. The molecular formula is C22H18Cl2FNO3S. The number of anilines is 1. The van der Waals surface area contributed by atoms with Crippen LogP contribution in [0.3, 0.4) is 0 Å². The van der Waals surface area contributed by atoms with Gasteiger partial charge in [-0.1, -0.05) is 29.3 Å². The Morgan fingerprint density at radius 3 is 2.37 bits per heavy atom. The van der Waals surface area contributed by atoms with E-state index in [-0.39, 0.29) is 17.5 Å². The van der Waals surface area contributed by atoms with E-state index >= 15 is 0 Å². The van der Waals surface area contributed by atoms with Crippen LogP contribution in [-0.2, 0) is 10.5 Å². The average Bonchev–Trinajstić information content (AvgIpc) is 2.72. The number of amides is 1. The molecule has 3 aromatic carbocycles. The largest absolute Gasteiger partial charge is 0.497 e. The van der Waals surface area contributed by atoms with Crippen molar-refractivity contribution in [3.8, 4) is 17.2 Å². The van der Waals surface area contributed by atoms with E-state index in [4.69, 9.17) is 32.7 Å². The van der Waals surface area contributed by atoms with E-state index in [0.717, 1.165) is 0 Å². The number of hydrogen-bond acceptors (Lipinski definition) is 4. The Morgan fingerprint density at radius 1 is 1.00 bits per heavy atom. The van der Waals surface area contributed by atoms with Gasteiger partial charge in [0.15, 0.2) is 5.75 Å². The van der Waals surface area contributed by atoms with Gasteiger partial charge in [-0.3, -0.25) is 4.79 Å². The van der Waals surface area contributed by atoms with Crippen molar-refractivity contribution in [2.45, 2.75) is 5.75 Å². The number of thioether (sulfide) groups is 1. The van der Waals surface area contributed by atoms with Gasteiger partial charge in [0.25, 0.3) is 0 Å². The van der Waals surface area contributed by atoms with Crippen LogP contribution >= 0.6 is 35.0 Å². The average molecular weight is 466 g/mol. The maximum atomic E-state index is 13.8. The summed E-state index contributed by atoms with van der Waals surface area (Å²) in [6, 6.07) is 16.5. The molecule has 0 saturated carbocycles. The molecule has 3 aromatic rings. The van der Waals surface area contributed by atoms with E-state index in [0.29, 0.717) is 44.3 Å². The van der Waals surface area contributed by atoms with Crippen molar-refractivity contribution in [3.63, 3.8) is 0 Å². The summed E-state index contributed by atoms with van der Waals surface area (Å²) in [7, 11) is 1.59. The first-order chi connectivity index (χ1) is 14.4. The van der Waals surface area contributed by atoms with Crippen molar-refractivity contribution in [1.82, 2.24) is 0 Å². The number of halogens is 3. The van der Waals surface area contributed by atoms with Crippen molar-refractivity contribution >= 4 is 46.6 Å². The normalized spacial score (nSPS) is 10.5. The highest BCUT2D eigenvalue weighted by Gasteiger charge is 2.11. The van der Waals surface area contributed by atoms with Crippen LogP contribution in [0.4, 0.5) is 10.1 Å². The van der Waals surface area contributed by atoms with Gasteiger partial charge in [-0.2, -0.15) is 0 Å². The van der Waals surface area contributed by atoms with E-state index in [1.165, 1.54) is 17.8 Å². The second-order valence-corrected chi connectivity index (χ2v) is 8.05. The van der Waals surface area contributed by atoms with Crippen LogP contribution in [0, 0.1) is 5.82 Å². The van der Waals surface area contributed by atoms with Crippen molar-refractivity contribution in [2.75, 3.05) is 18.2 Å². The van der Waals surface area contributed by atoms with E-state index < -0.39 is 0 Å². The van der Waals surface area contributed by atoms with E-state index in [9.17, 15) is 9.18 Å². The van der Waals surface area contributed by atoms with Crippen LogP contribution < -0.4 is 14.8 Å². The van der Waals surface area contributed by atoms with E-state index in [2.05, 4.69) is 5.32 Å². The van der Waals surface area contributed by atoms with Gasteiger partial charge in [0.2, 0.25) is 5.91 Å². The van der Waals surface area contributed by atoms with Gasteiger partial charge in [0.1, 0.15) is 17.3 Å². The van der Waals surface area contributed by atoms with Gasteiger partial charge in [0, 0.05) is 15.8 Å². The molecule has 156 valence electrons. The second-order valence-electron chi connectivity index (χ2n) is 6.19. The molecule has 30 heavy (non-hydrogen) atoms. The molecule has 0 radical (unpaired) electrons. The number of carbonyl (C=O) groups is 1. The first-order valence-corrected chi connectivity index (χ1v) is 10.8. The standard InChI is InChI=1S/C22H18Cl2FNO3S/c1-28-17-5-7-18(8-6-17)29-21-9-4-16(24)11-20(21)26-22(27)13-30-12-14-2-3-15(23)10-19(14)25/h2-11H,12-13H2,1H3,(H,26,27). The Labute approximate surface area is 188 Å². The molecule has 0 heterocycles. The zero-order valence-electron chi connectivity index (χ0n) is 16.0. The lowest BCUT2D eigenvalue weighted by molar-refractivity contribution is -0.113. The number of ether oxygens (including phenoxy) is 2. The molecule has 0 aromatic heterocycles. The van der Waals surface area contributed by atoms with Gasteiger partial charge in [-0.15, -0.1) is 11.8 Å². The maximum absolute atomic E-state index is 13.8. The zero-order valence-corrected chi connectivity index (χ0v) is 18.3. The highest BCUT2D eigenvalue weighted by molar-refractivity contribution is 7.99. The lowest BCUT2D eigenvalue weighted by Gasteiger charge is -2.13. The van der Waals surface area contributed by atoms with Crippen LogP contribution in [0.25, 0.3) is 0 Å². The summed E-state index contributed by atoms with van der Waals surface area (Å²) < 4.78 is 24.8. The van der Waals surface area contributed by atoms with E-state index in [1.807, 2.05) is 0 Å². The van der Waals surface area contributed by atoms with Gasteiger partial charge < -0.3 is 14.8 Å². The van der Waals surface area contributed by atoms with Crippen molar-refractivity contribution < 1.29 is 18.7 Å². The molecule has 0 atom stereocenters. The SMILES string of the molecule is COc1ccc(Oc2ccc(Cl)cc2NC(=O)CSCc2ccc(Cl)cc2F)cc1. The molecule has 0 aliphatic carbocycles. The van der Waals surface area contributed by atoms with Crippen LogP contribution in [-0.4, -0.2) is 18.8 Å². The molecule has 0 saturated heterocycles. The molecule has 0 spiro atoms. The number of nitrogens with one attached hydrogen (secondary N) is 1. The Balaban J connectivity index is 1.61. The fourth-order valence-corrected chi connectivity index (χ4v) is 3.68. The van der Waals surface area contributed by atoms with Crippen LogP contribution in [0.2, 0.25) is 10.0 Å². The Bertz CT molecular complexity index is 1030. The molecule has 1 amide bonds. The highest BCUT2D eigenvalue weighted by Crippen LogP contribution is 2.33. The molecular weight excluding hydrogens is 448 g/mol. The fraction of sp³-hybridized carbons (Fsp3) is 0.136. The number of carbonyl (C=O) groups excluding carboxylic acids is 1. The summed E-state index contributed by atoms with van der Waals surface area (Å²) in [6.07, 6.45) is 0. The molecule has 1 N–H and O–H groups in total. The van der Waals surface area contributed by atoms with Crippen molar-refractivity contribution in [3.05, 3.63) is 82.1 Å². The molecule has 0 aliphatic heterocycles. The molecule has 3 rings (SSSR count). The monoisotopic (exact) mass is 465 g/mol.